The number of nitrogens with one attached hydrogen (secondary N) is 1. The molecule has 0 amide bonds. The third-order valence-electron chi connectivity index (χ3n) is 5.36. The van der Waals surface area contributed by atoms with Gasteiger partial charge in [-0.25, -0.2) is 9.97 Å². The van der Waals surface area contributed by atoms with Crippen LogP contribution in [0.25, 0.3) is 21.3 Å². The lowest BCUT2D eigenvalue weighted by Gasteiger charge is -2.18. The molecule has 0 atom stereocenters. The molecule has 4 rings (SSSR count). The van der Waals surface area contributed by atoms with Gasteiger partial charge in [-0.05, 0) is 42.8 Å². The van der Waals surface area contributed by atoms with E-state index in [1.807, 2.05) is 19.9 Å². The quantitative estimate of drug-likeness (QED) is 0.359. The number of pyridine rings is 1. The summed E-state index contributed by atoms with van der Waals surface area (Å²) in [4.78, 5) is 9.47. The Labute approximate surface area is 187 Å². The van der Waals surface area contributed by atoms with Gasteiger partial charge in [0.25, 0.3) is 0 Å². The lowest BCUT2D eigenvalue weighted by atomic mass is 10.1. The second-order valence-electron chi connectivity index (χ2n) is 8.78. The van der Waals surface area contributed by atoms with Gasteiger partial charge >= 0.3 is 0 Å². The fourth-order valence-corrected chi connectivity index (χ4v) is 4.77. The average Bonchev–Trinajstić information content (AvgIpc) is 3.30. The number of nitrogens with two attached hydrogens (primary N) is 1. The van der Waals surface area contributed by atoms with Gasteiger partial charge in [-0.3, -0.25) is 0 Å². The topological polar surface area (TPSA) is 89.0 Å². The number of aryl methyl sites for hydroxylation is 1. The minimum absolute atomic E-state index is 0.502. The summed E-state index contributed by atoms with van der Waals surface area (Å²) in [6.45, 7) is 7.83. The molecule has 0 aliphatic carbocycles. The highest BCUT2D eigenvalue weighted by Gasteiger charge is 2.18. The number of nitrogen functional groups attached to an aromatic ring is 1. The molecule has 0 saturated carbocycles. The van der Waals surface area contributed by atoms with Crippen LogP contribution in [0.5, 0.6) is 0 Å². The van der Waals surface area contributed by atoms with E-state index >= 15 is 0 Å². The summed E-state index contributed by atoms with van der Waals surface area (Å²) in [6, 6.07) is 10.6. The molecule has 0 spiro atoms. The van der Waals surface area contributed by atoms with Gasteiger partial charge in [-0.15, -0.1) is 11.3 Å². The van der Waals surface area contributed by atoms with E-state index in [2.05, 4.69) is 51.4 Å². The number of benzene rings is 1. The van der Waals surface area contributed by atoms with Crippen molar-refractivity contribution in [3.63, 3.8) is 0 Å². The van der Waals surface area contributed by atoms with Crippen LogP contribution in [0.2, 0.25) is 0 Å². The number of hydrogen-bond donors (Lipinski definition) is 3. The van der Waals surface area contributed by atoms with Crippen molar-refractivity contribution in [1.82, 2.24) is 19.9 Å². The summed E-state index contributed by atoms with van der Waals surface area (Å²) in [5, 5.41) is 15.3. The first-order valence-electron chi connectivity index (χ1n) is 10.9. The van der Waals surface area contributed by atoms with Gasteiger partial charge in [-0.2, -0.15) is 0 Å². The zero-order valence-corrected chi connectivity index (χ0v) is 19.3. The molecule has 4 aromatic rings. The number of nitrogens with zero attached hydrogens (tertiary/aromatic N) is 3. The number of anilines is 1. The zero-order chi connectivity index (χ0) is 22.0. The second kappa shape index (κ2) is 8.94. The minimum Gasteiger partial charge on any atom is -0.389 e. The Hall–Kier alpha value is -2.48. The molecule has 3 aromatic heterocycles. The number of thiophene rings is 1. The Balaban J connectivity index is 1.69. The van der Waals surface area contributed by atoms with Gasteiger partial charge < -0.3 is 20.7 Å². The Morgan fingerprint density at radius 3 is 2.77 bits per heavy atom. The van der Waals surface area contributed by atoms with E-state index < -0.39 is 5.60 Å². The molecule has 164 valence electrons. The predicted octanol–water partition coefficient (Wildman–Crippen LogP) is 4.48. The predicted molar refractivity (Wildman–Crippen MR) is 129 cm³/mol. The summed E-state index contributed by atoms with van der Waals surface area (Å²) >= 11 is 1.69. The van der Waals surface area contributed by atoms with Gasteiger partial charge in [-0.1, -0.05) is 37.6 Å². The number of imidazole rings is 1. The smallest absolute Gasteiger partial charge is 0.152 e. The molecule has 0 unspecified atom stereocenters. The Morgan fingerprint density at radius 2 is 2.00 bits per heavy atom. The molecule has 7 heteroatoms. The first-order chi connectivity index (χ1) is 14.9. The fraction of sp³-hybridized carbons (Fsp3) is 0.417. The van der Waals surface area contributed by atoms with Crippen molar-refractivity contribution in [3.8, 4) is 0 Å². The van der Waals surface area contributed by atoms with Crippen LogP contribution in [0.3, 0.4) is 0 Å². The lowest BCUT2D eigenvalue weighted by Crippen LogP contribution is -2.34. The van der Waals surface area contributed by atoms with Crippen molar-refractivity contribution in [1.29, 1.82) is 0 Å². The maximum Gasteiger partial charge on any atom is 0.152 e. The minimum atomic E-state index is -0.721. The molecule has 31 heavy (non-hydrogen) atoms. The van der Waals surface area contributed by atoms with Crippen LogP contribution in [-0.2, 0) is 19.5 Å². The number of fused-ring (bicyclic) bond motifs is 3. The third kappa shape index (κ3) is 4.89. The number of hydrogen-bond acceptors (Lipinski definition) is 6. The molecule has 0 bridgehead atoms. The number of aliphatic hydroxyl groups is 1. The molecular weight excluding hydrogens is 406 g/mol. The molecule has 6 nitrogen and oxygen atoms in total. The van der Waals surface area contributed by atoms with Crippen LogP contribution in [0, 0.1) is 0 Å². The first kappa shape index (κ1) is 21.7. The van der Waals surface area contributed by atoms with E-state index in [-0.39, 0.29) is 0 Å². The monoisotopic (exact) mass is 437 g/mol. The standard InChI is InChI=1S/C24H31N5OS/c1-4-5-9-19-28-20-21(22-18(10-11-31-22)27-23(20)25)29(19)14-17-8-6-7-16(12-17)13-26-15-24(2,3)30/h6-8,10-12,26,30H,4-5,9,13-15H2,1-3H3,(H2,25,27). The highest BCUT2D eigenvalue weighted by molar-refractivity contribution is 7.18. The first-order valence-corrected chi connectivity index (χ1v) is 11.8. The van der Waals surface area contributed by atoms with Gasteiger partial charge in [0.2, 0.25) is 0 Å². The van der Waals surface area contributed by atoms with Crippen molar-refractivity contribution < 1.29 is 5.11 Å². The van der Waals surface area contributed by atoms with Gasteiger partial charge in [0.15, 0.2) is 5.82 Å². The normalized spacial score (nSPS) is 12.3. The van der Waals surface area contributed by atoms with Crippen molar-refractivity contribution in [3.05, 3.63) is 52.7 Å². The maximum atomic E-state index is 9.93. The molecule has 4 N–H and O–H groups in total. The van der Waals surface area contributed by atoms with Gasteiger partial charge in [0.05, 0.1) is 21.3 Å². The fourth-order valence-electron chi connectivity index (χ4n) is 3.89. The van der Waals surface area contributed by atoms with E-state index in [9.17, 15) is 5.11 Å². The molecule has 0 fully saturated rings. The second-order valence-corrected chi connectivity index (χ2v) is 9.70. The number of aromatic nitrogens is 3. The van der Waals surface area contributed by atoms with E-state index in [4.69, 9.17) is 10.7 Å². The number of unbranched alkanes of at least 4 members (excludes halogenated alkanes) is 1. The van der Waals surface area contributed by atoms with E-state index in [0.29, 0.717) is 12.4 Å². The maximum absolute atomic E-state index is 9.93. The Morgan fingerprint density at radius 1 is 1.19 bits per heavy atom. The number of rotatable bonds is 9. The van der Waals surface area contributed by atoms with Crippen molar-refractivity contribution >= 4 is 38.4 Å². The molecule has 0 saturated heterocycles. The summed E-state index contributed by atoms with van der Waals surface area (Å²) < 4.78 is 3.47. The van der Waals surface area contributed by atoms with Gasteiger partial charge in [0.1, 0.15) is 11.3 Å². The van der Waals surface area contributed by atoms with Crippen LogP contribution in [0.4, 0.5) is 5.82 Å². The molecule has 3 heterocycles. The van der Waals surface area contributed by atoms with E-state index in [1.54, 1.807) is 11.3 Å². The SMILES string of the molecule is CCCCc1nc2c(N)nc3ccsc3c2n1Cc1cccc(CNCC(C)(C)O)c1. The Kier molecular flexibility index (Phi) is 6.27. The van der Waals surface area contributed by atoms with Crippen LogP contribution < -0.4 is 11.1 Å². The average molecular weight is 438 g/mol. The van der Waals surface area contributed by atoms with Gasteiger partial charge in [0, 0.05) is 26.1 Å². The molecular formula is C24H31N5OS. The summed E-state index contributed by atoms with van der Waals surface area (Å²) in [5.74, 6) is 1.57. The van der Waals surface area contributed by atoms with Crippen molar-refractivity contribution in [2.45, 2.75) is 58.7 Å². The highest BCUT2D eigenvalue weighted by Crippen LogP contribution is 2.33. The van der Waals surface area contributed by atoms with E-state index in [1.165, 1.54) is 11.1 Å². The highest BCUT2D eigenvalue weighted by atomic mass is 32.1. The summed E-state index contributed by atoms with van der Waals surface area (Å²) in [6.07, 6.45) is 3.13. The molecule has 1 aromatic carbocycles. The van der Waals surface area contributed by atoms with Crippen molar-refractivity contribution in [2.24, 2.45) is 0 Å². The van der Waals surface area contributed by atoms with Crippen LogP contribution in [-0.4, -0.2) is 31.8 Å². The van der Waals surface area contributed by atoms with Crippen LogP contribution >= 0.6 is 11.3 Å². The molecule has 0 radical (unpaired) electrons. The molecule has 0 aliphatic rings. The largest absolute Gasteiger partial charge is 0.389 e. The lowest BCUT2D eigenvalue weighted by molar-refractivity contribution is 0.0795. The van der Waals surface area contributed by atoms with E-state index in [0.717, 1.165) is 59.4 Å². The van der Waals surface area contributed by atoms with Crippen LogP contribution in [0.15, 0.2) is 35.7 Å². The third-order valence-corrected chi connectivity index (χ3v) is 6.27. The zero-order valence-electron chi connectivity index (χ0n) is 18.5. The molecule has 0 aliphatic heterocycles. The van der Waals surface area contributed by atoms with Crippen LogP contribution in [0.1, 0.15) is 50.6 Å². The Bertz CT molecular complexity index is 1190. The summed E-state index contributed by atoms with van der Waals surface area (Å²) in [7, 11) is 0. The summed E-state index contributed by atoms with van der Waals surface area (Å²) in [5.41, 5.74) is 10.8. The van der Waals surface area contributed by atoms with Crippen molar-refractivity contribution in [2.75, 3.05) is 12.3 Å².